The second-order valence-electron chi connectivity index (χ2n) is 4.89. The summed E-state index contributed by atoms with van der Waals surface area (Å²) >= 11 is 0. The van der Waals surface area contributed by atoms with Gasteiger partial charge in [-0.2, -0.15) is 0 Å². The van der Waals surface area contributed by atoms with Crippen molar-refractivity contribution in [2.45, 2.75) is 45.1 Å². The van der Waals surface area contributed by atoms with Gasteiger partial charge in [-0.25, -0.2) is 4.98 Å². The van der Waals surface area contributed by atoms with Crippen LogP contribution in [-0.4, -0.2) is 16.6 Å². The average Bonchev–Trinajstić information content (AvgIpc) is 2.33. The molecule has 17 heavy (non-hydrogen) atoms. The van der Waals surface area contributed by atoms with E-state index in [0.717, 1.165) is 31.6 Å². The van der Waals surface area contributed by atoms with Gasteiger partial charge >= 0.3 is 0 Å². The molecule has 1 aromatic rings. The monoisotopic (exact) mass is 236 g/mol. The lowest BCUT2D eigenvalue weighted by Crippen LogP contribution is -2.37. The molecule has 4 nitrogen and oxygen atoms in total. The first kappa shape index (κ1) is 12.3. The minimum absolute atomic E-state index is 0.104. The molecule has 1 aromatic heterocycles. The van der Waals surface area contributed by atoms with Crippen LogP contribution in [0.2, 0.25) is 0 Å². The molecule has 1 aliphatic carbocycles. The molecule has 0 unspecified atom stereocenters. The van der Waals surface area contributed by atoms with Gasteiger partial charge in [0, 0.05) is 18.9 Å². The van der Waals surface area contributed by atoms with Gasteiger partial charge in [0.1, 0.15) is 11.4 Å². The number of ether oxygens (including phenoxy) is 1. The number of nitrogens with zero attached hydrogens (tertiary/aromatic N) is 1. The predicted molar refractivity (Wildman–Crippen MR) is 65.8 cm³/mol. The molecule has 1 aliphatic rings. The Hall–Kier alpha value is -1.16. The van der Waals surface area contributed by atoms with E-state index < -0.39 is 0 Å². The molecule has 0 amide bonds. The van der Waals surface area contributed by atoms with Gasteiger partial charge in [-0.1, -0.05) is 6.92 Å². The normalized spacial score (nSPS) is 29.2. The zero-order valence-corrected chi connectivity index (χ0v) is 10.5. The number of H-pyrrole nitrogens is 1. The van der Waals surface area contributed by atoms with E-state index in [4.69, 9.17) is 4.74 Å². The van der Waals surface area contributed by atoms with Gasteiger partial charge in [-0.05, 0) is 38.5 Å². The maximum absolute atomic E-state index is 11.4. The summed E-state index contributed by atoms with van der Waals surface area (Å²) < 4.78 is 5.93. The van der Waals surface area contributed by atoms with E-state index in [2.05, 4.69) is 16.9 Å². The molecule has 0 saturated heterocycles. The Kier molecular flexibility index (Phi) is 3.62. The van der Waals surface area contributed by atoms with Crippen LogP contribution < -0.4 is 5.56 Å². The third-order valence-corrected chi connectivity index (χ3v) is 3.61. The number of rotatable bonds is 3. The fourth-order valence-electron chi connectivity index (χ4n) is 2.56. The van der Waals surface area contributed by atoms with Crippen molar-refractivity contribution in [2.24, 2.45) is 5.92 Å². The van der Waals surface area contributed by atoms with Crippen LogP contribution in [-0.2, 0) is 10.3 Å². The van der Waals surface area contributed by atoms with Crippen LogP contribution in [0, 0.1) is 5.92 Å². The fourth-order valence-corrected chi connectivity index (χ4v) is 2.56. The van der Waals surface area contributed by atoms with E-state index >= 15 is 0 Å². The van der Waals surface area contributed by atoms with Crippen molar-refractivity contribution in [1.29, 1.82) is 0 Å². The Morgan fingerprint density at radius 3 is 2.82 bits per heavy atom. The van der Waals surface area contributed by atoms with Gasteiger partial charge in [-0.3, -0.25) is 4.79 Å². The zero-order valence-electron chi connectivity index (χ0n) is 10.5. The van der Waals surface area contributed by atoms with Gasteiger partial charge in [0.25, 0.3) is 5.56 Å². The Bertz CT molecular complexity index is 419. The molecule has 0 bridgehead atoms. The second-order valence-corrected chi connectivity index (χ2v) is 4.89. The SMILES string of the molecule is CCOC1(c2nccc(=O)[nH]2)CCC(C)CC1. The van der Waals surface area contributed by atoms with E-state index in [1.807, 2.05) is 6.92 Å². The van der Waals surface area contributed by atoms with Crippen molar-refractivity contribution in [3.63, 3.8) is 0 Å². The molecule has 0 atom stereocenters. The van der Waals surface area contributed by atoms with Crippen molar-refractivity contribution in [2.75, 3.05) is 6.61 Å². The summed E-state index contributed by atoms with van der Waals surface area (Å²) in [5, 5.41) is 0. The van der Waals surface area contributed by atoms with E-state index in [1.165, 1.54) is 6.07 Å². The highest BCUT2D eigenvalue weighted by atomic mass is 16.5. The molecule has 1 N–H and O–H groups in total. The number of nitrogens with one attached hydrogen (secondary N) is 1. The average molecular weight is 236 g/mol. The van der Waals surface area contributed by atoms with Gasteiger partial charge in [0.05, 0.1) is 0 Å². The first-order chi connectivity index (χ1) is 8.16. The molecule has 2 rings (SSSR count). The molecule has 1 saturated carbocycles. The largest absolute Gasteiger partial charge is 0.367 e. The maximum Gasteiger partial charge on any atom is 0.250 e. The van der Waals surface area contributed by atoms with Crippen LogP contribution in [0.5, 0.6) is 0 Å². The maximum atomic E-state index is 11.4. The molecular weight excluding hydrogens is 216 g/mol. The topological polar surface area (TPSA) is 55.0 Å². The molecule has 0 aromatic carbocycles. The van der Waals surface area contributed by atoms with Crippen molar-refractivity contribution >= 4 is 0 Å². The highest BCUT2D eigenvalue weighted by Gasteiger charge is 2.38. The number of hydrogen-bond acceptors (Lipinski definition) is 3. The molecule has 4 heteroatoms. The Morgan fingerprint density at radius 1 is 1.53 bits per heavy atom. The summed E-state index contributed by atoms with van der Waals surface area (Å²) in [4.78, 5) is 18.5. The van der Waals surface area contributed by atoms with Crippen LogP contribution in [0.3, 0.4) is 0 Å². The molecule has 94 valence electrons. The highest BCUT2D eigenvalue weighted by molar-refractivity contribution is 5.05. The lowest BCUT2D eigenvalue weighted by atomic mass is 9.79. The quantitative estimate of drug-likeness (QED) is 0.875. The van der Waals surface area contributed by atoms with Crippen LogP contribution in [0.1, 0.15) is 45.4 Å². The first-order valence-corrected chi connectivity index (χ1v) is 6.36. The summed E-state index contributed by atoms with van der Waals surface area (Å²) in [7, 11) is 0. The van der Waals surface area contributed by atoms with Crippen LogP contribution in [0.25, 0.3) is 0 Å². The summed E-state index contributed by atoms with van der Waals surface area (Å²) in [6.45, 7) is 4.89. The van der Waals surface area contributed by atoms with Crippen LogP contribution in [0.15, 0.2) is 17.1 Å². The lowest BCUT2D eigenvalue weighted by molar-refractivity contribution is -0.0838. The van der Waals surface area contributed by atoms with Gasteiger partial charge in [0.2, 0.25) is 0 Å². The van der Waals surface area contributed by atoms with E-state index in [0.29, 0.717) is 12.4 Å². The number of hydrogen-bond donors (Lipinski definition) is 1. The lowest BCUT2D eigenvalue weighted by Gasteiger charge is -2.38. The van der Waals surface area contributed by atoms with E-state index in [1.54, 1.807) is 6.20 Å². The van der Waals surface area contributed by atoms with Gasteiger partial charge in [0.15, 0.2) is 0 Å². The third-order valence-electron chi connectivity index (χ3n) is 3.61. The van der Waals surface area contributed by atoms with E-state index in [-0.39, 0.29) is 11.2 Å². The molecule has 1 heterocycles. The fraction of sp³-hybridized carbons (Fsp3) is 0.692. The summed E-state index contributed by atoms with van der Waals surface area (Å²) in [5.74, 6) is 1.43. The Balaban J connectivity index is 2.31. The van der Waals surface area contributed by atoms with Crippen LogP contribution in [0.4, 0.5) is 0 Å². The second kappa shape index (κ2) is 5.00. The summed E-state index contributed by atoms with van der Waals surface area (Å²) in [6.07, 6.45) is 5.69. The smallest absolute Gasteiger partial charge is 0.250 e. The van der Waals surface area contributed by atoms with Gasteiger partial charge < -0.3 is 9.72 Å². The summed E-state index contributed by atoms with van der Waals surface area (Å²) in [6, 6.07) is 1.44. The molecule has 1 fully saturated rings. The predicted octanol–water partition coefficient (Wildman–Crippen LogP) is 2.21. The van der Waals surface area contributed by atoms with E-state index in [9.17, 15) is 4.79 Å². The van der Waals surface area contributed by atoms with Crippen molar-refractivity contribution < 1.29 is 4.74 Å². The highest BCUT2D eigenvalue weighted by Crippen LogP contribution is 2.40. The zero-order chi connectivity index (χ0) is 12.3. The van der Waals surface area contributed by atoms with Crippen LogP contribution >= 0.6 is 0 Å². The molecule has 0 spiro atoms. The van der Waals surface area contributed by atoms with Crippen molar-refractivity contribution in [3.8, 4) is 0 Å². The Morgan fingerprint density at radius 2 is 2.24 bits per heavy atom. The standard InChI is InChI=1S/C13H20N2O2/c1-3-17-13(7-4-10(2)5-8-13)12-14-9-6-11(16)15-12/h6,9-10H,3-5,7-8H2,1-2H3,(H,14,15,16). The van der Waals surface area contributed by atoms with Crippen molar-refractivity contribution in [3.05, 3.63) is 28.4 Å². The minimum atomic E-state index is -0.373. The number of aromatic amines is 1. The molecule has 0 radical (unpaired) electrons. The third kappa shape index (κ3) is 2.57. The number of aromatic nitrogens is 2. The molecule has 0 aliphatic heterocycles. The van der Waals surface area contributed by atoms with Crippen molar-refractivity contribution in [1.82, 2.24) is 9.97 Å². The first-order valence-electron chi connectivity index (χ1n) is 6.36. The minimum Gasteiger partial charge on any atom is -0.367 e. The van der Waals surface area contributed by atoms with Gasteiger partial charge in [-0.15, -0.1) is 0 Å². The summed E-state index contributed by atoms with van der Waals surface area (Å²) in [5.41, 5.74) is -0.477. The molecular formula is C13H20N2O2. The Labute approximate surface area is 101 Å².